The van der Waals surface area contributed by atoms with Crippen LogP contribution in [0.3, 0.4) is 0 Å². The van der Waals surface area contributed by atoms with Crippen molar-refractivity contribution in [2.75, 3.05) is 11.9 Å². The van der Waals surface area contributed by atoms with Crippen molar-refractivity contribution in [3.05, 3.63) is 93.9 Å². The van der Waals surface area contributed by atoms with E-state index in [9.17, 15) is 9.59 Å². The van der Waals surface area contributed by atoms with Crippen LogP contribution in [-0.2, 0) is 17.3 Å². The summed E-state index contributed by atoms with van der Waals surface area (Å²) >= 11 is 6.13. The highest BCUT2D eigenvalue weighted by molar-refractivity contribution is 6.74. The number of carbonyl (C=O) groups is 2. The smallest absolute Gasteiger partial charge is 0.269 e. The quantitative estimate of drug-likeness (QED) is 0.149. The zero-order chi connectivity index (χ0) is 30.9. The molecule has 43 heavy (non-hydrogen) atoms. The van der Waals surface area contributed by atoms with Crippen molar-refractivity contribution in [3.63, 3.8) is 0 Å². The molecule has 1 aliphatic rings. The number of primary amides is 1. The van der Waals surface area contributed by atoms with Gasteiger partial charge in [0.05, 0.1) is 23.6 Å². The normalized spacial score (nSPS) is 12.5. The topological polar surface area (TPSA) is 112 Å². The molecule has 0 saturated carbocycles. The van der Waals surface area contributed by atoms with Gasteiger partial charge in [0.1, 0.15) is 5.15 Å². The molecular weight excluding hydrogens is 578 g/mol. The Hall–Kier alpha value is -4.23. The molecule has 0 bridgehead atoms. The molecule has 2 aromatic heterocycles. The molecule has 0 spiro atoms. The predicted molar refractivity (Wildman–Crippen MR) is 172 cm³/mol. The molecule has 0 aliphatic heterocycles. The average molecular weight is 612 g/mol. The fourth-order valence-corrected chi connectivity index (χ4v) is 5.78. The van der Waals surface area contributed by atoms with Crippen LogP contribution in [0.1, 0.15) is 58.3 Å². The van der Waals surface area contributed by atoms with Crippen molar-refractivity contribution in [1.29, 1.82) is 0 Å². The zero-order valence-electron chi connectivity index (χ0n) is 24.9. The lowest BCUT2D eigenvalue weighted by atomic mass is 9.88. The van der Waals surface area contributed by atoms with E-state index in [1.165, 1.54) is 6.20 Å². The van der Waals surface area contributed by atoms with Gasteiger partial charge in [0.15, 0.2) is 14.0 Å². The van der Waals surface area contributed by atoms with E-state index in [1.807, 2.05) is 42.5 Å². The van der Waals surface area contributed by atoms with Crippen LogP contribution in [0.25, 0.3) is 16.9 Å². The number of carbonyl (C=O) groups excluding carboxylic acids is 2. The Morgan fingerprint density at radius 2 is 1.86 bits per heavy atom. The van der Waals surface area contributed by atoms with Gasteiger partial charge in [-0.1, -0.05) is 50.3 Å². The SMILES string of the molecule is CC(C)(C)[Si](C)(C)OCC#Cc1ccc(-n2nc(C(N)=O)c3c2-c2cc(NC(=O)c4cccnc4Cl)ccc2CC3)cc1. The summed E-state index contributed by atoms with van der Waals surface area (Å²) in [5.74, 6) is 5.37. The Bertz CT molecular complexity index is 1780. The van der Waals surface area contributed by atoms with E-state index < -0.39 is 14.2 Å². The van der Waals surface area contributed by atoms with Crippen molar-refractivity contribution in [3.8, 4) is 28.8 Å². The molecule has 8 nitrogen and oxygen atoms in total. The minimum absolute atomic E-state index is 0.126. The first kappa shape index (κ1) is 30.2. The monoisotopic (exact) mass is 611 g/mol. The van der Waals surface area contributed by atoms with E-state index in [2.05, 4.69) is 61.1 Å². The zero-order valence-corrected chi connectivity index (χ0v) is 26.7. The summed E-state index contributed by atoms with van der Waals surface area (Å²) in [6.45, 7) is 11.4. The van der Waals surface area contributed by atoms with Crippen molar-refractivity contribution in [1.82, 2.24) is 14.8 Å². The summed E-state index contributed by atoms with van der Waals surface area (Å²) in [4.78, 5) is 29.3. The van der Waals surface area contributed by atoms with Gasteiger partial charge >= 0.3 is 0 Å². The number of benzene rings is 2. The second-order valence-electron chi connectivity index (χ2n) is 12.0. The van der Waals surface area contributed by atoms with Gasteiger partial charge in [-0.2, -0.15) is 5.10 Å². The molecule has 220 valence electrons. The number of fused-ring (bicyclic) bond motifs is 3. The maximum absolute atomic E-state index is 12.9. The van der Waals surface area contributed by atoms with E-state index >= 15 is 0 Å². The van der Waals surface area contributed by atoms with Gasteiger partial charge in [-0.3, -0.25) is 9.59 Å². The van der Waals surface area contributed by atoms with Crippen LogP contribution in [0.15, 0.2) is 60.8 Å². The summed E-state index contributed by atoms with van der Waals surface area (Å²) in [6, 6.07) is 16.7. The average Bonchev–Trinajstić information content (AvgIpc) is 3.36. The van der Waals surface area contributed by atoms with Crippen LogP contribution in [0.4, 0.5) is 5.69 Å². The Morgan fingerprint density at radius 3 is 2.53 bits per heavy atom. The summed E-state index contributed by atoms with van der Waals surface area (Å²) in [5.41, 5.74) is 11.9. The molecule has 0 radical (unpaired) electrons. The lowest BCUT2D eigenvalue weighted by Crippen LogP contribution is -2.40. The summed E-state index contributed by atoms with van der Waals surface area (Å²) in [7, 11) is -1.86. The van der Waals surface area contributed by atoms with Gasteiger partial charge in [0, 0.05) is 28.6 Å². The number of pyridine rings is 1. The molecule has 0 fully saturated rings. The van der Waals surface area contributed by atoms with Crippen LogP contribution < -0.4 is 11.1 Å². The van der Waals surface area contributed by atoms with E-state index in [0.717, 1.165) is 33.6 Å². The Labute approximate surface area is 257 Å². The molecule has 0 atom stereocenters. The molecule has 2 amide bonds. The van der Waals surface area contributed by atoms with Crippen molar-refractivity contribution < 1.29 is 14.0 Å². The molecule has 10 heteroatoms. The molecule has 0 saturated heterocycles. The fourth-order valence-electron chi connectivity index (χ4n) is 4.71. The Kier molecular flexibility index (Phi) is 8.30. The van der Waals surface area contributed by atoms with E-state index in [0.29, 0.717) is 25.1 Å². The summed E-state index contributed by atoms with van der Waals surface area (Å²) in [5, 5.41) is 7.80. The number of aromatic nitrogens is 3. The third-order valence-electron chi connectivity index (χ3n) is 8.14. The lowest BCUT2D eigenvalue weighted by molar-refractivity contribution is 0.0992. The van der Waals surface area contributed by atoms with Gasteiger partial charge in [0.25, 0.3) is 11.8 Å². The van der Waals surface area contributed by atoms with Gasteiger partial charge in [-0.25, -0.2) is 9.67 Å². The fraction of sp³-hybridized carbons (Fsp3) is 0.273. The van der Waals surface area contributed by atoms with Gasteiger partial charge in [0.2, 0.25) is 0 Å². The molecular formula is C33H34ClN5O3Si. The van der Waals surface area contributed by atoms with Crippen LogP contribution in [0.2, 0.25) is 23.3 Å². The number of nitrogens with two attached hydrogens (primary N) is 1. The van der Waals surface area contributed by atoms with Crippen LogP contribution in [0.5, 0.6) is 0 Å². The number of halogens is 1. The highest BCUT2D eigenvalue weighted by atomic mass is 35.5. The molecule has 5 rings (SSSR count). The maximum Gasteiger partial charge on any atom is 0.269 e. The van der Waals surface area contributed by atoms with Gasteiger partial charge in [-0.15, -0.1) is 0 Å². The number of rotatable bonds is 6. The van der Waals surface area contributed by atoms with Crippen LogP contribution >= 0.6 is 11.6 Å². The van der Waals surface area contributed by atoms with E-state index in [1.54, 1.807) is 16.8 Å². The number of hydrogen-bond donors (Lipinski definition) is 2. The third kappa shape index (κ3) is 6.27. The standard InChI is InChI=1S/C33H34ClN5O3Si/c1-33(2,3)43(4,5)42-19-7-8-21-10-15-24(16-11-21)39-29-25(28(38-39)31(35)40)17-13-22-12-14-23(20-27(22)29)37-32(41)26-9-6-18-36-30(26)34/h6,9-12,14-16,18,20H,13,17,19H2,1-5H3,(H2,35,40)(H,37,41). The number of aryl methyl sites for hydroxylation is 1. The number of hydrogen-bond acceptors (Lipinski definition) is 5. The molecule has 4 aromatic rings. The highest BCUT2D eigenvalue weighted by Crippen LogP contribution is 2.39. The third-order valence-corrected chi connectivity index (χ3v) is 12.9. The number of nitrogens with zero attached hydrogens (tertiary/aromatic N) is 3. The highest BCUT2D eigenvalue weighted by Gasteiger charge is 2.36. The molecule has 2 heterocycles. The Balaban J connectivity index is 1.45. The maximum atomic E-state index is 12.9. The number of nitrogens with one attached hydrogen (secondary N) is 1. The number of amides is 2. The largest absolute Gasteiger partial charge is 0.406 e. The van der Waals surface area contributed by atoms with E-state index in [-0.39, 0.29) is 27.4 Å². The first-order valence-corrected chi connectivity index (χ1v) is 17.3. The van der Waals surface area contributed by atoms with Crippen LogP contribution in [-0.4, -0.2) is 41.5 Å². The van der Waals surface area contributed by atoms with E-state index in [4.69, 9.17) is 21.8 Å². The number of anilines is 1. The minimum Gasteiger partial charge on any atom is -0.406 e. The van der Waals surface area contributed by atoms with Crippen molar-refractivity contribution >= 4 is 37.4 Å². The second-order valence-corrected chi connectivity index (χ2v) is 17.2. The Morgan fingerprint density at radius 1 is 1.12 bits per heavy atom. The molecule has 3 N–H and O–H groups in total. The first-order chi connectivity index (χ1) is 20.4. The molecule has 0 unspecified atom stereocenters. The van der Waals surface area contributed by atoms with Crippen molar-refractivity contribution in [2.24, 2.45) is 5.73 Å². The second kappa shape index (κ2) is 11.8. The van der Waals surface area contributed by atoms with Crippen molar-refractivity contribution in [2.45, 2.75) is 51.7 Å². The minimum atomic E-state index is -1.86. The molecule has 2 aromatic carbocycles. The lowest BCUT2D eigenvalue weighted by Gasteiger charge is -2.35. The molecule has 1 aliphatic carbocycles. The summed E-state index contributed by atoms with van der Waals surface area (Å²) < 4.78 is 7.91. The first-order valence-electron chi connectivity index (χ1n) is 14.1. The predicted octanol–water partition coefficient (Wildman–Crippen LogP) is 6.41. The van der Waals surface area contributed by atoms with Gasteiger partial charge in [-0.05, 0) is 85.1 Å². The summed E-state index contributed by atoms with van der Waals surface area (Å²) in [6.07, 6.45) is 2.86. The van der Waals surface area contributed by atoms with Crippen LogP contribution in [0, 0.1) is 11.8 Å². The van der Waals surface area contributed by atoms with Gasteiger partial charge < -0.3 is 15.5 Å².